The SMILES string of the molecule is CC(C#N)OCCS(=O)(=O)c1cccc(F)c1. The Kier molecular flexibility index (Phi) is 4.61. The maximum absolute atomic E-state index is 12.9. The summed E-state index contributed by atoms with van der Waals surface area (Å²) in [6.45, 7) is 1.43. The largest absolute Gasteiger partial charge is 0.363 e. The van der Waals surface area contributed by atoms with Crippen molar-refractivity contribution in [1.29, 1.82) is 5.26 Å². The fourth-order valence-corrected chi connectivity index (χ4v) is 2.28. The minimum absolute atomic E-state index is 0.0780. The molecule has 0 radical (unpaired) electrons. The van der Waals surface area contributed by atoms with Gasteiger partial charge in [-0.1, -0.05) is 6.07 Å². The van der Waals surface area contributed by atoms with E-state index < -0.39 is 21.8 Å². The van der Waals surface area contributed by atoms with Crippen molar-refractivity contribution in [3.63, 3.8) is 0 Å². The minimum atomic E-state index is -3.56. The first kappa shape index (κ1) is 13.6. The van der Waals surface area contributed by atoms with Crippen molar-refractivity contribution in [2.24, 2.45) is 0 Å². The third-order valence-electron chi connectivity index (χ3n) is 2.06. The second kappa shape index (κ2) is 5.75. The summed E-state index contributed by atoms with van der Waals surface area (Å²) in [5.41, 5.74) is 0. The van der Waals surface area contributed by atoms with E-state index in [0.29, 0.717) is 0 Å². The molecule has 0 aliphatic heterocycles. The van der Waals surface area contributed by atoms with Gasteiger partial charge in [-0.3, -0.25) is 0 Å². The second-order valence-corrected chi connectivity index (χ2v) is 5.53. The summed E-state index contributed by atoms with van der Waals surface area (Å²) in [7, 11) is -3.56. The Morgan fingerprint density at radius 3 is 2.82 bits per heavy atom. The molecule has 0 fully saturated rings. The Bertz CT molecular complexity index is 522. The molecule has 1 aromatic carbocycles. The van der Waals surface area contributed by atoms with Gasteiger partial charge in [-0.05, 0) is 25.1 Å². The van der Waals surface area contributed by atoms with Crippen LogP contribution in [0.4, 0.5) is 4.39 Å². The summed E-state index contributed by atoms with van der Waals surface area (Å²) in [5.74, 6) is -0.875. The highest BCUT2D eigenvalue weighted by Crippen LogP contribution is 2.12. The molecule has 0 aliphatic rings. The number of nitriles is 1. The van der Waals surface area contributed by atoms with Crippen LogP contribution in [0.3, 0.4) is 0 Å². The molecule has 1 aromatic rings. The molecule has 0 heterocycles. The highest BCUT2D eigenvalue weighted by Gasteiger charge is 2.15. The molecule has 1 atom stereocenters. The van der Waals surface area contributed by atoms with Gasteiger partial charge in [0, 0.05) is 0 Å². The van der Waals surface area contributed by atoms with Gasteiger partial charge in [-0.2, -0.15) is 5.26 Å². The molecule has 0 aromatic heterocycles. The topological polar surface area (TPSA) is 67.2 Å². The standard InChI is InChI=1S/C11H12FNO3S/c1-9(8-13)16-5-6-17(14,15)11-4-2-3-10(12)7-11/h2-4,7,9H,5-6H2,1H3. The van der Waals surface area contributed by atoms with Gasteiger partial charge in [0.05, 0.1) is 23.3 Å². The number of hydrogen-bond donors (Lipinski definition) is 0. The predicted molar refractivity (Wildman–Crippen MR) is 59.5 cm³/mol. The highest BCUT2D eigenvalue weighted by molar-refractivity contribution is 7.91. The van der Waals surface area contributed by atoms with Crippen molar-refractivity contribution in [3.05, 3.63) is 30.1 Å². The zero-order valence-electron chi connectivity index (χ0n) is 9.26. The van der Waals surface area contributed by atoms with Gasteiger partial charge in [-0.25, -0.2) is 12.8 Å². The Morgan fingerprint density at radius 1 is 1.53 bits per heavy atom. The summed E-state index contributed by atoms with van der Waals surface area (Å²) < 4.78 is 41.3. The van der Waals surface area contributed by atoms with Gasteiger partial charge in [0.25, 0.3) is 0 Å². The number of hydrogen-bond acceptors (Lipinski definition) is 4. The quantitative estimate of drug-likeness (QED) is 0.802. The Balaban J connectivity index is 2.67. The number of halogens is 1. The van der Waals surface area contributed by atoms with E-state index in [1.165, 1.54) is 25.1 Å². The lowest BCUT2D eigenvalue weighted by atomic mass is 10.4. The first-order chi connectivity index (χ1) is 7.95. The van der Waals surface area contributed by atoms with Gasteiger partial charge in [0.1, 0.15) is 11.9 Å². The number of rotatable bonds is 5. The van der Waals surface area contributed by atoms with Gasteiger partial charge < -0.3 is 4.74 Å². The summed E-state index contributed by atoms with van der Waals surface area (Å²) in [6, 6.07) is 6.62. The van der Waals surface area contributed by atoms with Gasteiger partial charge >= 0.3 is 0 Å². The van der Waals surface area contributed by atoms with Crippen LogP contribution in [-0.2, 0) is 14.6 Å². The van der Waals surface area contributed by atoms with Gasteiger partial charge in [0.2, 0.25) is 0 Å². The van der Waals surface area contributed by atoms with Crippen LogP contribution in [0, 0.1) is 17.1 Å². The van der Waals surface area contributed by atoms with Crippen molar-refractivity contribution >= 4 is 9.84 Å². The minimum Gasteiger partial charge on any atom is -0.363 e. The van der Waals surface area contributed by atoms with Crippen LogP contribution < -0.4 is 0 Å². The third-order valence-corrected chi connectivity index (χ3v) is 3.73. The number of sulfone groups is 1. The van der Waals surface area contributed by atoms with Crippen LogP contribution in [0.5, 0.6) is 0 Å². The summed E-state index contributed by atoms with van der Waals surface area (Å²) in [4.78, 5) is -0.0780. The fraction of sp³-hybridized carbons (Fsp3) is 0.364. The van der Waals surface area contributed by atoms with Gasteiger partial charge in [-0.15, -0.1) is 0 Å². The van der Waals surface area contributed by atoms with E-state index >= 15 is 0 Å². The van der Waals surface area contributed by atoms with Crippen molar-refractivity contribution in [3.8, 4) is 6.07 Å². The van der Waals surface area contributed by atoms with Crippen molar-refractivity contribution in [2.75, 3.05) is 12.4 Å². The smallest absolute Gasteiger partial charge is 0.180 e. The van der Waals surface area contributed by atoms with Crippen LogP contribution in [0.15, 0.2) is 29.2 Å². The predicted octanol–water partition coefficient (Wildman–Crippen LogP) is 1.53. The van der Waals surface area contributed by atoms with Crippen LogP contribution in [-0.4, -0.2) is 26.9 Å². The molecule has 1 rings (SSSR count). The summed E-state index contributed by atoms with van der Waals surface area (Å²) >= 11 is 0. The second-order valence-electron chi connectivity index (χ2n) is 3.42. The average Bonchev–Trinajstić information content (AvgIpc) is 2.28. The molecule has 6 heteroatoms. The molecule has 0 N–H and O–H groups in total. The Morgan fingerprint density at radius 2 is 2.24 bits per heavy atom. The van der Waals surface area contributed by atoms with Crippen molar-refractivity contribution in [1.82, 2.24) is 0 Å². The average molecular weight is 257 g/mol. The van der Waals surface area contributed by atoms with E-state index in [0.717, 1.165) is 6.07 Å². The van der Waals surface area contributed by atoms with Crippen LogP contribution in [0.25, 0.3) is 0 Å². The van der Waals surface area contributed by atoms with Crippen molar-refractivity contribution < 1.29 is 17.5 Å². The lowest BCUT2D eigenvalue weighted by molar-refractivity contribution is 0.116. The Labute approximate surface area is 99.6 Å². The van der Waals surface area contributed by atoms with E-state index in [-0.39, 0.29) is 17.3 Å². The monoisotopic (exact) mass is 257 g/mol. The lowest BCUT2D eigenvalue weighted by Crippen LogP contribution is -2.16. The number of ether oxygens (including phenoxy) is 1. The zero-order chi connectivity index (χ0) is 12.9. The maximum atomic E-state index is 12.9. The molecule has 0 amide bonds. The van der Waals surface area contributed by atoms with E-state index in [1.807, 2.05) is 6.07 Å². The van der Waals surface area contributed by atoms with E-state index in [9.17, 15) is 12.8 Å². The molecule has 17 heavy (non-hydrogen) atoms. The van der Waals surface area contributed by atoms with Crippen LogP contribution >= 0.6 is 0 Å². The molecular formula is C11H12FNO3S. The zero-order valence-corrected chi connectivity index (χ0v) is 10.1. The molecule has 0 spiro atoms. The molecule has 4 nitrogen and oxygen atoms in total. The Hall–Kier alpha value is -1.45. The fourth-order valence-electron chi connectivity index (χ4n) is 1.15. The summed E-state index contributed by atoms with van der Waals surface area (Å²) in [5, 5.41) is 8.44. The molecule has 0 saturated heterocycles. The molecular weight excluding hydrogens is 245 g/mol. The summed E-state index contributed by atoms with van der Waals surface area (Å²) in [6.07, 6.45) is -0.655. The third kappa shape index (κ3) is 4.13. The van der Waals surface area contributed by atoms with Crippen LogP contribution in [0.2, 0.25) is 0 Å². The normalized spacial score (nSPS) is 13.0. The highest BCUT2D eigenvalue weighted by atomic mass is 32.2. The molecule has 0 aliphatic carbocycles. The van der Waals surface area contributed by atoms with Gasteiger partial charge in [0.15, 0.2) is 9.84 Å². The number of benzene rings is 1. The lowest BCUT2D eigenvalue weighted by Gasteiger charge is -2.06. The molecule has 1 unspecified atom stereocenters. The molecule has 92 valence electrons. The first-order valence-corrected chi connectivity index (χ1v) is 6.60. The van der Waals surface area contributed by atoms with E-state index in [4.69, 9.17) is 10.00 Å². The van der Waals surface area contributed by atoms with E-state index in [2.05, 4.69) is 0 Å². The molecule has 0 saturated carbocycles. The van der Waals surface area contributed by atoms with E-state index in [1.54, 1.807) is 0 Å². The van der Waals surface area contributed by atoms with Crippen LogP contribution in [0.1, 0.15) is 6.92 Å². The maximum Gasteiger partial charge on any atom is 0.180 e. The molecule has 0 bridgehead atoms. The first-order valence-electron chi connectivity index (χ1n) is 4.95. The number of nitrogens with zero attached hydrogens (tertiary/aromatic N) is 1. The van der Waals surface area contributed by atoms with Crippen molar-refractivity contribution in [2.45, 2.75) is 17.9 Å².